The third kappa shape index (κ3) is 4.70. The van der Waals surface area contributed by atoms with Gasteiger partial charge in [0.1, 0.15) is 17.9 Å². The van der Waals surface area contributed by atoms with Gasteiger partial charge in [-0.25, -0.2) is 0 Å². The topological polar surface area (TPSA) is 80.4 Å². The first-order chi connectivity index (χ1) is 12.1. The highest BCUT2D eigenvalue weighted by Crippen LogP contribution is 2.17. The Bertz CT molecular complexity index is 794. The molecular formula is C19H22N2O4. The number of carbonyl (C=O) groups is 1. The zero-order valence-electron chi connectivity index (χ0n) is 14.2. The molecule has 1 aliphatic heterocycles. The van der Waals surface area contributed by atoms with Crippen LogP contribution in [0.2, 0.25) is 0 Å². The smallest absolute Gasteiger partial charge is 0.260 e. The lowest BCUT2D eigenvalue weighted by Crippen LogP contribution is -2.29. The molecule has 25 heavy (non-hydrogen) atoms. The predicted octanol–water partition coefficient (Wildman–Crippen LogP) is 2.17. The third-order valence-electron chi connectivity index (χ3n) is 4.11. The standard InChI is InChI=1S/C19H22N2O4/c1-13-7-8-17(19(23)21-13)18(22)20-11-14-4-2-5-15(10-14)25-12-16-6-3-9-24-16/h2,4-5,7-8,10,16H,3,6,9,11-12H2,1H3,(H,20,22)(H,21,23). The van der Waals surface area contributed by atoms with E-state index in [2.05, 4.69) is 10.3 Å². The van der Waals surface area contributed by atoms with E-state index in [4.69, 9.17) is 9.47 Å². The van der Waals surface area contributed by atoms with Crippen molar-refractivity contribution in [2.75, 3.05) is 13.2 Å². The number of amides is 1. The molecule has 6 heteroatoms. The average Bonchev–Trinajstić information content (AvgIpc) is 3.12. The number of aryl methyl sites for hydroxylation is 1. The minimum Gasteiger partial charge on any atom is -0.491 e. The maximum atomic E-state index is 12.2. The van der Waals surface area contributed by atoms with Crippen molar-refractivity contribution in [1.82, 2.24) is 10.3 Å². The molecule has 6 nitrogen and oxygen atoms in total. The summed E-state index contributed by atoms with van der Waals surface area (Å²) in [5.41, 5.74) is 1.35. The number of H-pyrrole nitrogens is 1. The lowest BCUT2D eigenvalue weighted by atomic mass is 10.2. The number of aromatic nitrogens is 1. The van der Waals surface area contributed by atoms with Gasteiger partial charge in [0.05, 0.1) is 6.10 Å². The molecule has 1 aromatic heterocycles. The van der Waals surface area contributed by atoms with Crippen molar-refractivity contribution in [3.8, 4) is 5.75 Å². The zero-order chi connectivity index (χ0) is 17.6. The summed E-state index contributed by atoms with van der Waals surface area (Å²) in [5.74, 6) is 0.349. The van der Waals surface area contributed by atoms with Gasteiger partial charge in [-0.05, 0) is 49.6 Å². The van der Waals surface area contributed by atoms with Crippen LogP contribution in [0.3, 0.4) is 0 Å². The highest BCUT2D eigenvalue weighted by molar-refractivity contribution is 5.93. The van der Waals surface area contributed by atoms with Gasteiger partial charge in [-0.15, -0.1) is 0 Å². The Hall–Kier alpha value is -2.60. The normalized spacial score (nSPS) is 16.6. The van der Waals surface area contributed by atoms with Crippen LogP contribution in [-0.4, -0.2) is 30.2 Å². The fourth-order valence-electron chi connectivity index (χ4n) is 2.74. The summed E-state index contributed by atoms with van der Waals surface area (Å²) in [5, 5.41) is 2.76. The fourth-order valence-corrected chi connectivity index (χ4v) is 2.74. The van der Waals surface area contributed by atoms with E-state index in [0.717, 1.165) is 36.5 Å². The number of rotatable bonds is 6. The van der Waals surface area contributed by atoms with Crippen molar-refractivity contribution in [3.05, 3.63) is 63.6 Å². The van der Waals surface area contributed by atoms with Gasteiger partial charge in [0.15, 0.2) is 0 Å². The van der Waals surface area contributed by atoms with Gasteiger partial charge < -0.3 is 19.8 Å². The molecule has 2 N–H and O–H groups in total. The molecule has 132 valence electrons. The summed E-state index contributed by atoms with van der Waals surface area (Å²) in [6, 6.07) is 10.8. The maximum Gasteiger partial charge on any atom is 0.260 e. The first-order valence-corrected chi connectivity index (χ1v) is 8.43. The van der Waals surface area contributed by atoms with Gasteiger partial charge in [-0.2, -0.15) is 0 Å². The predicted molar refractivity (Wildman–Crippen MR) is 93.9 cm³/mol. The number of benzene rings is 1. The van der Waals surface area contributed by atoms with Crippen LogP contribution in [0.4, 0.5) is 0 Å². The molecular weight excluding hydrogens is 320 g/mol. The molecule has 1 aliphatic rings. The Balaban J connectivity index is 1.56. The van der Waals surface area contributed by atoms with Crippen molar-refractivity contribution >= 4 is 5.91 Å². The second kappa shape index (κ2) is 7.98. The van der Waals surface area contributed by atoms with Crippen LogP contribution in [0.1, 0.15) is 34.5 Å². The van der Waals surface area contributed by atoms with E-state index >= 15 is 0 Å². The average molecular weight is 342 g/mol. The molecule has 2 aromatic rings. The molecule has 1 fully saturated rings. The molecule has 1 saturated heterocycles. The van der Waals surface area contributed by atoms with Crippen LogP contribution >= 0.6 is 0 Å². The Kier molecular flexibility index (Phi) is 5.50. The number of ether oxygens (including phenoxy) is 2. The number of nitrogens with one attached hydrogen (secondary N) is 2. The SMILES string of the molecule is Cc1ccc(C(=O)NCc2cccc(OCC3CCCO3)c2)c(=O)[nH]1. The molecule has 0 aliphatic carbocycles. The van der Waals surface area contributed by atoms with Gasteiger partial charge >= 0.3 is 0 Å². The van der Waals surface area contributed by atoms with Crippen LogP contribution < -0.4 is 15.6 Å². The summed E-state index contributed by atoms with van der Waals surface area (Å²) in [6.07, 6.45) is 2.27. The number of carbonyl (C=O) groups excluding carboxylic acids is 1. The van der Waals surface area contributed by atoms with Crippen molar-refractivity contribution < 1.29 is 14.3 Å². The van der Waals surface area contributed by atoms with Gasteiger partial charge in [0.2, 0.25) is 0 Å². The van der Waals surface area contributed by atoms with Crippen LogP contribution in [0.15, 0.2) is 41.2 Å². The summed E-state index contributed by atoms with van der Waals surface area (Å²) in [7, 11) is 0. The third-order valence-corrected chi connectivity index (χ3v) is 4.11. The maximum absolute atomic E-state index is 12.2. The second-order valence-electron chi connectivity index (χ2n) is 6.16. The monoisotopic (exact) mass is 342 g/mol. The molecule has 0 bridgehead atoms. The fraction of sp³-hybridized carbons (Fsp3) is 0.368. The number of aromatic amines is 1. The van der Waals surface area contributed by atoms with Gasteiger partial charge in [-0.1, -0.05) is 12.1 Å². The van der Waals surface area contributed by atoms with E-state index in [0.29, 0.717) is 13.2 Å². The second-order valence-corrected chi connectivity index (χ2v) is 6.16. The number of pyridine rings is 1. The Morgan fingerprint density at radius 3 is 3.00 bits per heavy atom. The first kappa shape index (κ1) is 17.2. The minimum atomic E-state index is -0.396. The van der Waals surface area contributed by atoms with E-state index < -0.39 is 5.91 Å². The van der Waals surface area contributed by atoms with E-state index in [9.17, 15) is 9.59 Å². The molecule has 1 unspecified atom stereocenters. The molecule has 1 aromatic carbocycles. The van der Waals surface area contributed by atoms with E-state index in [1.54, 1.807) is 13.0 Å². The van der Waals surface area contributed by atoms with Crippen molar-refractivity contribution in [1.29, 1.82) is 0 Å². The molecule has 0 saturated carbocycles. The highest BCUT2D eigenvalue weighted by atomic mass is 16.5. The lowest BCUT2D eigenvalue weighted by molar-refractivity contribution is 0.0679. The van der Waals surface area contributed by atoms with E-state index in [1.165, 1.54) is 6.07 Å². The van der Waals surface area contributed by atoms with Crippen LogP contribution in [0.25, 0.3) is 0 Å². The summed E-state index contributed by atoms with van der Waals surface area (Å²) in [6.45, 7) is 3.43. The lowest BCUT2D eigenvalue weighted by Gasteiger charge is -2.12. The Morgan fingerprint density at radius 1 is 1.36 bits per heavy atom. The van der Waals surface area contributed by atoms with Crippen LogP contribution in [0, 0.1) is 6.92 Å². The molecule has 0 radical (unpaired) electrons. The van der Waals surface area contributed by atoms with Crippen molar-refractivity contribution in [2.24, 2.45) is 0 Å². The molecule has 3 rings (SSSR count). The first-order valence-electron chi connectivity index (χ1n) is 8.43. The van der Waals surface area contributed by atoms with Gasteiger partial charge in [-0.3, -0.25) is 9.59 Å². The summed E-state index contributed by atoms with van der Waals surface area (Å²) < 4.78 is 11.3. The van der Waals surface area contributed by atoms with Crippen LogP contribution in [0.5, 0.6) is 5.75 Å². The number of hydrogen-bond donors (Lipinski definition) is 2. The van der Waals surface area contributed by atoms with Crippen molar-refractivity contribution in [2.45, 2.75) is 32.4 Å². The molecule has 1 amide bonds. The van der Waals surface area contributed by atoms with Gasteiger partial charge in [0.25, 0.3) is 11.5 Å². The minimum absolute atomic E-state index is 0.108. The molecule has 1 atom stereocenters. The van der Waals surface area contributed by atoms with Gasteiger partial charge in [0, 0.05) is 18.8 Å². The van der Waals surface area contributed by atoms with E-state index in [-0.39, 0.29) is 17.2 Å². The summed E-state index contributed by atoms with van der Waals surface area (Å²) >= 11 is 0. The zero-order valence-corrected chi connectivity index (χ0v) is 14.2. The highest BCUT2D eigenvalue weighted by Gasteiger charge is 2.16. The Labute approximate surface area is 146 Å². The molecule has 0 spiro atoms. The van der Waals surface area contributed by atoms with Crippen LogP contribution in [-0.2, 0) is 11.3 Å². The largest absolute Gasteiger partial charge is 0.491 e. The van der Waals surface area contributed by atoms with E-state index in [1.807, 2.05) is 24.3 Å². The van der Waals surface area contributed by atoms with Crippen molar-refractivity contribution in [3.63, 3.8) is 0 Å². The number of hydrogen-bond acceptors (Lipinski definition) is 4. The summed E-state index contributed by atoms with van der Waals surface area (Å²) in [4.78, 5) is 26.6. The molecule has 2 heterocycles. The quantitative estimate of drug-likeness (QED) is 0.843. The Morgan fingerprint density at radius 2 is 2.24 bits per heavy atom.